The molecule has 2 unspecified atom stereocenters. The summed E-state index contributed by atoms with van der Waals surface area (Å²) in [6.45, 7) is 14.5. The van der Waals surface area contributed by atoms with E-state index < -0.39 is 5.60 Å². The van der Waals surface area contributed by atoms with Crippen LogP contribution in [0.2, 0.25) is 0 Å². The number of hydrogen-bond donors (Lipinski definition) is 0. The Labute approximate surface area is 141 Å². The molecule has 5 nitrogen and oxygen atoms in total. The van der Waals surface area contributed by atoms with Crippen molar-refractivity contribution in [3.63, 3.8) is 0 Å². The molecule has 0 spiro atoms. The van der Waals surface area contributed by atoms with E-state index in [9.17, 15) is 4.79 Å². The lowest BCUT2D eigenvalue weighted by Crippen LogP contribution is -2.40. The average molecular weight is 329 g/mol. The van der Waals surface area contributed by atoms with E-state index >= 15 is 0 Å². The third-order valence-electron chi connectivity index (χ3n) is 3.90. The van der Waals surface area contributed by atoms with Gasteiger partial charge in [-0.1, -0.05) is 13.3 Å². The highest BCUT2D eigenvalue weighted by Gasteiger charge is 2.38. The molecule has 1 fully saturated rings. The van der Waals surface area contributed by atoms with Crippen LogP contribution >= 0.6 is 0 Å². The standard InChI is InChI=1S/C18H35NO4/c1-6-8-9-19-13-15(14-22-11-10-21-7-2)12-16(19)17(20)23-18(3,4)5/h15-16H,6-14H2,1-5H3. The Morgan fingerprint density at radius 1 is 1.17 bits per heavy atom. The van der Waals surface area contributed by atoms with Gasteiger partial charge in [-0.2, -0.15) is 0 Å². The molecule has 0 amide bonds. The van der Waals surface area contributed by atoms with Crippen LogP contribution in [-0.4, -0.2) is 62.0 Å². The van der Waals surface area contributed by atoms with Crippen molar-refractivity contribution in [2.45, 2.75) is 65.5 Å². The molecule has 0 aromatic carbocycles. The zero-order chi connectivity index (χ0) is 17.3. The van der Waals surface area contributed by atoms with Crippen LogP contribution in [-0.2, 0) is 19.0 Å². The summed E-state index contributed by atoms with van der Waals surface area (Å²) in [6.07, 6.45) is 3.07. The predicted molar refractivity (Wildman–Crippen MR) is 91.5 cm³/mol. The Kier molecular flexibility index (Phi) is 9.10. The minimum absolute atomic E-state index is 0.0922. The maximum atomic E-state index is 12.5. The summed E-state index contributed by atoms with van der Waals surface area (Å²) in [5.41, 5.74) is -0.431. The Morgan fingerprint density at radius 2 is 1.87 bits per heavy atom. The van der Waals surface area contributed by atoms with Crippen molar-refractivity contribution in [2.24, 2.45) is 5.92 Å². The summed E-state index contributed by atoms with van der Waals surface area (Å²) in [5, 5.41) is 0. The van der Waals surface area contributed by atoms with Gasteiger partial charge in [0.05, 0.1) is 19.8 Å². The van der Waals surface area contributed by atoms with E-state index in [1.54, 1.807) is 0 Å². The first kappa shape index (κ1) is 20.4. The van der Waals surface area contributed by atoms with Crippen LogP contribution in [0.4, 0.5) is 0 Å². The lowest BCUT2D eigenvalue weighted by atomic mass is 10.1. The zero-order valence-corrected chi connectivity index (χ0v) is 15.6. The molecule has 0 saturated carbocycles. The molecule has 1 aliphatic heterocycles. The maximum Gasteiger partial charge on any atom is 0.323 e. The highest BCUT2D eigenvalue weighted by atomic mass is 16.6. The molecule has 0 aliphatic carbocycles. The molecule has 0 N–H and O–H groups in total. The van der Waals surface area contributed by atoms with Crippen LogP contribution in [0.25, 0.3) is 0 Å². The van der Waals surface area contributed by atoms with E-state index in [1.807, 2.05) is 27.7 Å². The molecule has 23 heavy (non-hydrogen) atoms. The molecule has 0 aromatic heterocycles. The summed E-state index contributed by atoms with van der Waals surface area (Å²) in [6, 6.07) is -0.124. The topological polar surface area (TPSA) is 48.0 Å². The molecule has 5 heteroatoms. The minimum atomic E-state index is -0.431. The fourth-order valence-corrected chi connectivity index (χ4v) is 2.85. The van der Waals surface area contributed by atoms with Gasteiger partial charge in [0.15, 0.2) is 0 Å². The van der Waals surface area contributed by atoms with E-state index in [0.29, 0.717) is 25.7 Å². The molecule has 1 saturated heterocycles. The van der Waals surface area contributed by atoms with Gasteiger partial charge in [0.25, 0.3) is 0 Å². The summed E-state index contributed by atoms with van der Waals surface area (Å²) in [7, 11) is 0. The van der Waals surface area contributed by atoms with Gasteiger partial charge in [0.2, 0.25) is 0 Å². The second-order valence-corrected chi connectivity index (χ2v) is 7.27. The number of hydrogen-bond acceptors (Lipinski definition) is 5. The zero-order valence-electron chi connectivity index (χ0n) is 15.6. The fraction of sp³-hybridized carbons (Fsp3) is 0.944. The van der Waals surface area contributed by atoms with Crippen LogP contribution in [0.5, 0.6) is 0 Å². The van der Waals surface area contributed by atoms with E-state index in [2.05, 4.69) is 11.8 Å². The third-order valence-corrected chi connectivity index (χ3v) is 3.90. The van der Waals surface area contributed by atoms with Crippen LogP contribution in [0.3, 0.4) is 0 Å². The largest absolute Gasteiger partial charge is 0.459 e. The van der Waals surface area contributed by atoms with Gasteiger partial charge < -0.3 is 14.2 Å². The molecule has 1 aliphatic rings. The van der Waals surface area contributed by atoms with Crippen molar-refractivity contribution in [2.75, 3.05) is 39.5 Å². The predicted octanol–water partition coefficient (Wildman–Crippen LogP) is 2.87. The molecule has 0 radical (unpaired) electrons. The van der Waals surface area contributed by atoms with E-state index in [-0.39, 0.29) is 12.0 Å². The first-order valence-electron chi connectivity index (χ1n) is 8.99. The summed E-state index contributed by atoms with van der Waals surface area (Å²) in [5.74, 6) is 0.302. The molecule has 136 valence electrons. The monoisotopic (exact) mass is 329 g/mol. The molecule has 2 atom stereocenters. The number of likely N-dealkylation sites (tertiary alicyclic amines) is 1. The van der Waals surface area contributed by atoms with Crippen LogP contribution in [0.15, 0.2) is 0 Å². The Hall–Kier alpha value is -0.650. The number of esters is 1. The number of ether oxygens (including phenoxy) is 3. The molecular weight excluding hydrogens is 294 g/mol. The van der Waals surface area contributed by atoms with Crippen molar-refractivity contribution in [3.8, 4) is 0 Å². The smallest absolute Gasteiger partial charge is 0.323 e. The average Bonchev–Trinajstić information content (AvgIpc) is 2.86. The summed E-state index contributed by atoms with van der Waals surface area (Å²) in [4.78, 5) is 14.7. The van der Waals surface area contributed by atoms with Gasteiger partial charge >= 0.3 is 5.97 Å². The Morgan fingerprint density at radius 3 is 2.48 bits per heavy atom. The SMILES string of the molecule is CCCCN1CC(COCCOCC)CC1C(=O)OC(C)(C)C. The van der Waals surface area contributed by atoms with Gasteiger partial charge in [-0.25, -0.2) is 0 Å². The summed E-state index contributed by atoms with van der Waals surface area (Å²) >= 11 is 0. The number of unbranched alkanes of at least 4 members (excludes halogenated alkanes) is 1. The Bertz CT molecular complexity index is 340. The lowest BCUT2D eigenvalue weighted by molar-refractivity contribution is -0.160. The van der Waals surface area contributed by atoms with Gasteiger partial charge in [0, 0.05) is 13.2 Å². The van der Waals surface area contributed by atoms with Crippen molar-refractivity contribution < 1.29 is 19.0 Å². The number of nitrogens with zero attached hydrogens (tertiary/aromatic N) is 1. The van der Waals surface area contributed by atoms with Crippen molar-refractivity contribution in [1.82, 2.24) is 4.90 Å². The van der Waals surface area contributed by atoms with Crippen LogP contribution in [0, 0.1) is 5.92 Å². The first-order chi connectivity index (χ1) is 10.9. The Balaban J connectivity index is 2.48. The second-order valence-electron chi connectivity index (χ2n) is 7.27. The second kappa shape index (κ2) is 10.3. The number of rotatable bonds is 10. The highest BCUT2D eigenvalue weighted by molar-refractivity contribution is 5.76. The van der Waals surface area contributed by atoms with Crippen molar-refractivity contribution in [1.29, 1.82) is 0 Å². The van der Waals surface area contributed by atoms with E-state index in [1.165, 1.54) is 0 Å². The van der Waals surface area contributed by atoms with Crippen molar-refractivity contribution >= 4 is 5.97 Å². The van der Waals surface area contributed by atoms with Gasteiger partial charge in [-0.3, -0.25) is 9.69 Å². The van der Waals surface area contributed by atoms with Gasteiger partial charge in [0.1, 0.15) is 11.6 Å². The van der Waals surface area contributed by atoms with Crippen molar-refractivity contribution in [3.05, 3.63) is 0 Å². The molecule has 0 bridgehead atoms. The maximum absolute atomic E-state index is 12.5. The van der Waals surface area contributed by atoms with E-state index in [0.717, 1.165) is 39.0 Å². The van der Waals surface area contributed by atoms with E-state index in [4.69, 9.17) is 14.2 Å². The normalized spacial score (nSPS) is 22.5. The lowest BCUT2D eigenvalue weighted by Gasteiger charge is -2.27. The molecule has 0 aromatic rings. The number of carbonyl (C=O) groups is 1. The first-order valence-corrected chi connectivity index (χ1v) is 8.99. The minimum Gasteiger partial charge on any atom is -0.459 e. The number of carbonyl (C=O) groups excluding carboxylic acids is 1. The third kappa shape index (κ3) is 8.13. The molecule has 1 heterocycles. The molecular formula is C18H35NO4. The van der Waals surface area contributed by atoms with Crippen LogP contribution in [0.1, 0.15) is 53.9 Å². The van der Waals surface area contributed by atoms with Gasteiger partial charge in [-0.15, -0.1) is 0 Å². The fourth-order valence-electron chi connectivity index (χ4n) is 2.85. The highest BCUT2D eigenvalue weighted by Crippen LogP contribution is 2.26. The van der Waals surface area contributed by atoms with Crippen LogP contribution < -0.4 is 0 Å². The molecule has 1 rings (SSSR count). The summed E-state index contributed by atoms with van der Waals surface area (Å²) < 4.78 is 16.6. The quantitative estimate of drug-likeness (QED) is 0.455. The van der Waals surface area contributed by atoms with Gasteiger partial charge in [-0.05, 0) is 53.0 Å².